The Morgan fingerprint density at radius 1 is 1.31 bits per heavy atom. The Bertz CT molecular complexity index is 379. The highest BCUT2D eigenvalue weighted by Gasteiger charge is 2.09. The molecular weight excluding hydrogens is 212 g/mol. The van der Waals surface area contributed by atoms with E-state index in [-0.39, 0.29) is 5.91 Å². The second-order valence-corrected chi connectivity index (χ2v) is 3.75. The normalized spacial score (nSPS) is 10.2. The standard InChI is InChI=1S/C12H15F2NO/c1-3-4-12(16)15(2)8-9-5-6-10(13)11(14)7-9/h5-7H,3-4,8H2,1-2H3. The van der Waals surface area contributed by atoms with Gasteiger partial charge in [-0.2, -0.15) is 0 Å². The number of hydrogen-bond donors (Lipinski definition) is 0. The van der Waals surface area contributed by atoms with E-state index >= 15 is 0 Å². The molecule has 2 nitrogen and oxygen atoms in total. The molecule has 0 radical (unpaired) electrons. The summed E-state index contributed by atoms with van der Waals surface area (Å²) in [7, 11) is 1.65. The Kier molecular flexibility index (Phi) is 4.40. The van der Waals surface area contributed by atoms with Crippen molar-refractivity contribution in [1.29, 1.82) is 0 Å². The summed E-state index contributed by atoms with van der Waals surface area (Å²) in [5.41, 5.74) is 0.589. The predicted molar refractivity (Wildman–Crippen MR) is 57.7 cm³/mol. The summed E-state index contributed by atoms with van der Waals surface area (Å²) >= 11 is 0. The van der Waals surface area contributed by atoms with Gasteiger partial charge in [-0.25, -0.2) is 8.78 Å². The topological polar surface area (TPSA) is 20.3 Å². The lowest BCUT2D eigenvalue weighted by Crippen LogP contribution is -2.25. The molecule has 0 saturated carbocycles. The van der Waals surface area contributed by atoms with E-state index in [0.717, 1.165) is 18.6 Å². The maximum Gasteiger partial charge on any atom is 0.222 e. The third-order valence-electron chi connectivity index (χ3n) is 2.29. The van der Waals surface area contributed by atoms with Crippen molar-refractivity contribution in [2.24, 2.45) is 0 Å². The smallest absolute Gasteiger partial charge is 0.222 e. The zero-order valence-corrected chi connectivity index (χ0v) is 9.46. The van der Waals surface area contributed by atoms with Crippen LogP contribution in [-0.4, -0.2) is 17.9 Å². The lowest BCUT2D eigenvalue weighted by Gasteiger charge is -2.16. The number of halogens is 2. The molecule has 1 rings (SSSR count). The summed E-state index contributed by atoms with van der Waals surface area (Å²) in [6.45, 7) is 2.22. The van der Waals surface area contributed by atoms with Gasteiger partial charge in [-0.15, -0.1) is 0 Å². The number of rotatable bonds is 4. The Balaban J connectivity index is 2.66. The largest absolute Gasteiger partial charge is 0.341 e. The number of carbonyl (C=O) groups is 1. The van der Waals surface area contributed by atoms with Crippen LogP contribution in [0.1, 0.15) is 25.3 Å². The molecule has 0 N–H and O–H groups in total. The van der Waals surface area contributed by atoms with Gasteiger partial charge in [0, 0.05) is 20.0 Å². The van der Waals surface area contributed by atoms with Gasteiger partial charge >= 0.3 is 0 Å². The van der Waals surface area contributed by atoms with Crippen molar-refractivity contribution in [3.05, 3.63) is 35.4 Å². The molecule has 1 aromatic rings. The maximum atomic E-state index is 12.9. The number of carbonyl (C=O) groups excluding carboxylic acids is 1. The fourth-order valence-corrected chi connectivity index (χ4v) is 1.40. The minimum atomic E-state index is -0.881. The highest BCUT2D eigenvalue weighted by atomic mass is 19.2. The van der Waals surface area contributed by atoms with Crippen LogP contribution in [0.3, 0.4) is 0 Å². The molecule has 0 bridgehead atoms. The molecule has 0 heterocycles. The highest BCUT2D eigenvalue weighted by molar-refractivity contribution is 5.75. The summed E-state index contributed by atoms with van der Waals surface area (Å²) in [6, 6.07) is 3.67. The number of benzene rings is 1. The molecule has 0 fully saturated rings. The first-order valence-electron chi connectivity index (χ1n) is 5.22. The van der Waals surface area contributed by atoms with Gasteiger partial charge in [0.05, 0.1) is 0 Å². The Morgan fingerprint density at radius 2 is 2.00 bits per heavy atom. The molecular formula is C12H15F2NO. The molecule has 0 aromatic heterocycles. The highest BCUT2D eigenvalue weighted by Crippen LogP contribution is 2.11. The van der Waals surface area contributed by atoms with Crippen LogP contribution in [0.4, 0.5) is 8.78 Å². The second kappa shape index (κ2) is 5.58. The van der Waals surface area contributed by atoms with Crippen molar-refractivity contribution in [2.45, 2.75) is 26.3 Å². The molecule has 1 aromatic carbocycles. The summed E-state index contributed by atoms with van der Waals surface area (Å²) < 4.78 is 25.6. The van der Waals surface area contributed by atoms with E-state index < -0.39 is 11.6 Å². The van der Waals surface area contributed by atoms with Gasteiger partial charge in [-0.3, -0.25) is 4.79 Å². The number of nitrogens with zero attached hydrogens (tertiary/aromatic N) is 1. The SMILES string of the molecule is CCCC(=O)N(C)Cc1ccc(F)c(F)c1. The van der Waals surface area contributed by atoms with Crippen LogP contribution in [0, 0.1) is 11.6 Å². The van der Waals surface area contributed by atoms with Crippen LogP contribution in [-0.2, 0) is 11.3 Å². The van der Waals surface area contributed by atoms with Crippen molar-refractivity contribution in [3.8, 4) is 0 Å². The van der Waals surface area contributed by atoms with Gasteiger partial charge in [0.25, 0.3) is 0 Å². The molecule has 1 amide bonds. The van der Waals surface area contributed by atoms with Crippen molar-refractivity contribution in [3.63, 3.8) is 0 Å². The Labute approximate surface area is 93.9 Å². The third-order valence-corrected chi connectivity index (χ3v) is 2.29. The van der Waals surface area contributed by atoms with Crippen molar-refractivity contribution < 1.29 is 13.6 Å². The van der Waals surface area contributed by atoms with Gasteiger partial charge in [-0.1, -0.05) is 13.0 Å². The number of hydrogen-bond acceptors (Lipinski definition) is 1. The zero-order valence-electron chi connectivity index (χ0n) is 9.46. The molecule has 0 aliphatic carbocycles. The van der Waals surface area contributed by atoms with Crippen LogP contribution in [0.5, 0.6) is 0 Å². The molecule has 0 aliphatic heterocycles. The van der Waals surface area contributed by atoms with Gasteiger partial charge < -0.3 is 4.90 Å². The minimum absolute atomic E-state index is 0.00670. The summed E-state index contributed by atoms with van der Waals surface area (Å²) in [5, 5.41) is 0. The van der Waals surface area contributed by atoms with Gasteiger partial charge in [0.2, 0.25) is 5.91 Å². The third kappa shape index (κ3) is 3.29. The molecule has 0 saturated heterocycles. The van der Waals surface area contributed by atoms with Crippen LogP contribution in [0.15, 0.2) is 18.2 Å². The first kappa shape index (κ1) is 12.6. The zero-order chi connectivity index (χ0) is 12.1. The monoisotopic (exact) mass is 227 g/mol. The quantitative estimate of drug-likeness (QED) is 0.774. The van der Waals surface area contributed by atoms with Crippen LogP contribution in [0.2, 0.25) is 0 Å². The molecule has 16 heavy (non-hydrogen) atoms. The van der Waals surface area contributed by atoms with E-state index in [1.807, 2.05) is 6.92 Å². The first-order chi connectivity index (χ1) is 7.54. The van der Waals surface area contributed by atoms with Crippen LogP contribution >= 0.6 is 0 Å². The molecule has 0 aliphatic rings. The average molecular weight is 227 g/mol. The van der Waals surface area contributed by atoms with Crippen molar-refractivity contribution in [1.82, 2.24) is 4.90 Å². The number of amides is 1. The van der Waals surface area contributed by atoms with Gasteiger partial charge in [0.15, 0.2) is 11.6 Å². The molecule has 0 atom stereocenters. The molecule has 0 spiro atoms. The second-order valence-electron chi connectivity index (χ2n) is 3.75. The Hall–Kier alpha value is -1.45. The van der Waals surface area contributed by atoms with E-state index in [9.17, 15) is 13.6 Å². The van der Waals surface area contributed by atoms with E-state index in [2.05, 4.69) is 0 Å². The fraction of sp³-hybridized carbons (Fsp3) is 0.417. The molecule has 4 heteroatoms. The van der Waals surface area contributed by atoms with Gasteiger partial charge in [0.1, 0.15) is 0 Å². The predicted octanol–water partition coefficient (Wildman–Crippen LogP) is 2.72. The maximum absolute atomic E-state index is 12.9. The lowest BCUT2D eigenvalue weighted by atomic mass is 10.2. The first-order valence-corrected chi connectivity index (χ1v) is 5.22. The summed E-state index contributed by atoms with van der Waals surface area (Å²) in [5.74, 6) is -1.74. The van der Waals surface area contributed by atoms with E-state index in [0.29, 0.717) is 18.5 Å². The van der Waals surface area contributed by atoms with Crippen LogP contribution in [0.25, 0.3) is 0 Å². The van der Waals surface area contributed by atoms with Gasteiger partial charge in [-0.05, 0) is 24.1 Å². The van der Waals surface area contributed by atoms with Crippen molar-refractivity contribution in [2.75, 3.05) is 7.05 Å². The van der Waals surface area contributed by atoms with E-state index in [4.69, 9.17) is 0 Å². The van der Waals surface area contributed by atoms with Crippen molar-refractivity contribution >= 4 is 5.91 Å². The summed E-state index contributed by atoms with van der Waals surface area (Å²) in [4.78, 5) is 13.0. The average Bonchev–Trinajstić information content (AvgIpc) is 2.24. The van der Waals surface area contributed by atoms with Crippen LogP contribution < -0.4 is 0 Å². The lowest BCUT2D eigenvalue weighted by molar-refractivity contribution is -0.130. The molecule has 0 unspecified atom stereocenters. The van der Waals surface area contributed by atoms with E-state index in [1.54, 1.807) is 7.05 Å². The fourth-order valence-electron chi connectivity index (χ4n) is 1.40. The summed E-state index contributed by atoms with van der Waals surface area (Å²) in [6.07, 6.45) is 1.25. The van der Waals surface area contributed by atoms with E-state index in [1.165, 1.54) is 11.0 Å². The Morgan fingerprint density at radius 3 is 2.56 bits per heavy atom. The minimum Gasteiger partial charge on any atom is -0.341 e. The molecule has 88 valence electrons.